The number of amides is 1. The van der Waals surface area contributed by atoms with E-state index in [2.05, 4.69) is 20.4 Å². The quantitative estimate of drug-likeness (QED) is 0.473. The molecule has 30 heavy (non-hydrogen) atoms. The van der Waals surface area contributed by atoms with Gasteiger partial charge in [-0.05, 0) is 24.3 Å². The largest absolute Gasteiger partial charge is 0.378 e. The van der Waals surface area contributed by atoms with Crippen LogP contribution in [0.15, 0.2) is 66.4 Å². The van der Waals surface area contributed by atoms with Gasteiger partial charge in [-0.3, -0.25) is 9.78 Å². The summed E-state index contributed by atoms with van der Waals surface area (Å²) in [7, 11) is 1.60. The molecule has 0 unspecified atom stereocenters. The monoisotopic (exact) mass is 419 g/mol. The maximum Gasteiger partial charge on any atom is 0.254 e. The smallest absolute Gasteiger partial charge is 0.254 e. The molecule has 0 bridgehead atoms. The molecule has 152 valence electrons. The molecule has 1 amide bonds. The van der Waals surface area contributed by atoms with Crippen LogP contribution in [0.25, 0.3) is 16.9 Å². The van der Waals surface area contributed by atoms with Crippen LogP contribution < -0.4 is 5.32 Å². The van der Waals surface area contributed by atoms with Gasteiger partial charge in [-0.15, -0.1) is 11.3 Å². The van der Waals surface area contributed by atoms with Crippen molar-refractivity contribution in [1.82, 2.24) is 25.1 Å². The third-order valence-electron chi connectivity index (χ3n) is 4.55. The van der Waals surface area contributed by atoms with Crippen molar-refractivity contribution < 1.29 is 9.53 Å². The number of thiazole rings is 1. The first kappa shape index (κ1) is 19.9. The lowest BCUT2D eigenvalue weighted by atomic mass is 10.2. The number of pyridine rings is 1. The van der Waals surface area contributed by atoms with Gasteiger partial charge in [-0.1, -0.05) is 18.2 Å². The first-order valence-corrected chi connectivity index (χ1v) is 10.4. The van der Waals surface area contributed by atoms with E-state index >= 15 is 0 Å². The average molecular weight is 420 g/mol. The Hall–Kier alpha value is -3.36. The topological polar surface area (TPSA) is 81.9 Å². The van der Waals surface area contributed by atoms with E-state index in [0.717, 1.165) is 27.6 Å². The number of aromatic nitrogens is 4. The van der Waals surface area contributed by atoms with Crippen LogP contribution in [0.2, 0.25) is 0 Å². The third kappa shape index (κ3) is 4.45. The summed E-state index contributed by atoms with van der Waals surface area (Å²) in [5.74, 6) is -0.171. The zero-order chi connectivity index (χ0) is 20.8. The Morgan fingerprint density at radius 1 is 1.17 bits per heavy atom. The van der Waals surface area contributed by atoms with Crippen LogP contribution in [0.1, 0.15) is 21.1 Å². The van der Waals surface area contributed by atoms with Crippen LogP contribution in [0.5, 0.6) is 0 Å². The Bertz CT molecular complexity index is 1110. The molecule has 0 saturated heterocycles. The van der Waals surface area contributed by atoms with Gasteiger partial charge < -0.3 is 10.1 Å². The van der Waals surface area contributed by atoms with Crippen LogP contribution in [0.3, 0.4) is 0 Å². The Kier molecular flexibility index (Phi) is 6.26. The van der Waals surface area contributed by atoms with Gasteiger partial charge in [0, 0.05) is 43.4 Å². The minimum Gasteiger partial charge on any atom is -0.378 e. The number of benzene rings is 1. The summed E-state index contributed by atoms with van der Waals surface area (Å²) in [4.78, 5) is 21.4. The fraction of sp³-hybridized carbons (Fsp3) is 0.182. The molecule has 0 aliphatic rings. The van der Waals surface area contributed by atoms with Crippen LogP contribution in [-0.4, -0.2) is 39.3 Å². The summed E-state index contributed by atoms with van der Waals surface area (Å²) >= 11 is 1.59. The van der Waals surface area contributed by atoms with Crippen molar-refractivity contribution in [2.45, 2.75) is 13.0 Å². The highest BCUT2D eigenvalue weighted by atomic mass is 32.1. The van der Waals surface area contributed by atoms with E-state index in [1.807, 2.05) is 47.8 Å². The molecule has 0 saturated carbocycles. The average Bonchev–Trinajstić information content (AvgIpc) is 3.43. The molecule has 8 heteroatoms. The molecule has 0 atom stereocenters. The zero-order valence-corrected chi connectivity index (χ0v) is 17.3. The number of hydrogen-bond acceptors (Lipinski definition) is 6. The Morgan fingerprint density at radius 3 is 2.73 bits per heavy atom. The molecule has 0 aliphatic heterocycles. The van der Waals surface area contributed by atoms with Gasteiger partial charge in [0.15, 0.2) is 0 Å². The number of carbonyl (C=O) groups is 1. The predicted octanol–water partition coefficient (Wildman–Crippen LogP) is 3.51. The van der Waals surface area contributed by atoms with Crippen molar-refractivity contribution in [3.8, 4) is 16.9 Å². The lowest BCUT2D eigenvalue weighted by molar-refractivity contribution is 0.0948. The van der Waals surface area contributed by atoms with Crippen molar-refractivity contribution in [3.05, 3.63) is 82.7 Å². The molecule has 4 rings (SSSR count). The van der Waals surface area contributed by atoms with E-state index < -0.39 is 0 Å². The second-order valence-corrected chi connectivity index (χ2v) is 7.50. The predicted molar refractivity (Wildman–Crippen MR) is 116 cm³/mol. The normalized spacial score (nSPS) is 10.8. The second-order valence-electron chi connectivity index (χ2n) is 6.55. The summed E-state index contributed by atoms with van der Waals surface area (Å²) in [6.45, 7) is 0.782. The van der Waals surface area contributed by atoms with Gasteiger partial charge in [-0.25, -0.2) is 9.67 Å². The number of methoxy groups -OCH3 is 1. The van der Waals surface area contributed by atoms with Gasteiger partial charge in [0.05, 0.1) is 40.5 Å². The number of para-hydroxylation sites is 1. The highest BCUT2D eigenvalue weighted by molar-refractivity contribution is 7.09. The Morgan fingerprint density at radius 2 is 1.97 bits per heavy atom. The van der Waals surface area contributed by atoms with Crippen molar-refractivity contribution in [1.29, 1.82) is 0 Å². The van der Waals surface area contributed by atoms with Gasteiger partial charge in [0.1, 0.15) is 0 Å². The van der Waals surface area contributed by atoms with Crippen molar-refractivity contribution >= 4 is 17.2 Å². The molecule has 0 spiro atoms. The van der Waals surface area contributed by atoms with Crippen molar-refractivity contribution in [2.75, 3.05) is 13.7 Å². The van der Waals surface area contributed by atoms with E-state index in [-0.39, 0.29) is 5.91 Å². The number of nitrogens with one attached hydrogen (secondary N) is 1. The summed E-state index contributed by atoms with van der Waals surface area (Å²) in [6, 6.07) is 13.6. The molecule has 7 nitrogen and oxygen atoms in total. The molecule has 3 aromatic heterocycles. The van der Waals surface area contributed by atoms with E-state index in [4.69, 9.17) is 4.74 Å². The number of rotatable bonds is 8. The molecule has 4 aromatic rings. The van der Waals surface area contributed by atoms with Crippen molar-refractivity contribution in [2.24, 2.45) is 0 Å². The van der Waals surface area contributed by atoms with Gasteiger partial charge in [0.2, 0.25) is 0 Å². The Balaban J connectivity index is 1.41. The lowest BCUT2D eigenvalue weighted by Gasteiger charge is -2.09. The summed E-state index contributed by atoms with van der Waals surface area (Å²) in [6.07, 6.45) is 5.75. The molecule has 1 aromatic carbocycles. The number of carbonyl (C=O) groups excluding carboxylic acids is 1. The number of nitrogens with zero attached hydrogens (tertiary/aromatic N) is 4. The van der Waals surface area contributed by atoms with Gasteiger partial charge >= 0.3 is 0 Å². The summed E-state index contributed by atoms with van der Waals surface area (Å²) in [5, 5.41) is 10.4. The molecule has 1 N–H and O–H groups in total. The Labute approximate surface area is 178 Å². The highest BCUT2D eigenvalue weighted by Crippen LogP contribution is 2.21. The summed E-state index contributed by atoms with van der Waals surface area (Å²) in [5.41, 5.74) is 4.08. The lowest BCUT2D eigenvalue weighted by Crippen LogP contribution is -2.26. The van der Waals surface area contributed by atoms with E-state index in [1.54, 1.807) is 41.7 Å². The van der Waals surface area contributed by atoms with E-state index in [9.17, 15) is 4.79 Å². The first-order valence-electron chi connectivity index (χ1n) is 9.50. The van der Waals surface area contributed by atoms with Crippen molar-refractivity contribution in [3.63, 3.8) is 0 Å². The highest BCUT2D eigenvalue weighted by Gasteiger charge is 2.18. The first-order chi connectivity index (χ1) is 14.8. The van der Waals surface area contributed by atoms with Crippen LogP contribution in [-0.2, 0) is 17.8 Å². The van der Waals surface area contributed by atoms with Crippen LogP contribution in [0.4, 0.5) is 0 Å². The van der Waals surface area contributed by atoms with E-state index in [0.29, 0.717) is 25.1 Å². The fourth-order valence-corrected chi connectivity index (χ4v) is 3.90. The fourth-order valence-electron chi connectivity index (χ4n) is 3.09. The molecule has 0 fully saturated rings. The van der Waals surface area contributed by atoms with Gasteiger partial charge in [0.25, 0.3) is 5.91 Å². The molecular weight excluding hydrogens is 398 g/mol. The second kappa shape index (κ2) is 9.43. The number of ether oxygens (including phenoxy) is 1. The molecule has 0 aliphatic carbocycles. The van der Waals surface area contributed by atoms with Crippen LogP contribution >= 0.6 is 11.3 Å². The maximum absolute atomic E-state index is 12.8. The minimum atomic E-state index is -0.171. The summed E-state index contributed by atoms with van der Waals surface area (Å²) < 4.78 is 7.04. The molecular formula is C22H21N5O2S. The third-order valence-corrected chi connectivity index (χ3v) is 5.46. The van der Waals surface area contributed by atoms with Gasteiger partial charge in [-0.2, -0.15) is 5.10 Å². The van der Waals surface area contributed by atoms with E-state index in [1.165, 1.54) is 0 Å². The maximum atomic E-state index is 12.8. The SMILES string of the molecule is COCc1c(C(=O)NCCc2nc(-c3ccncc3)cs2)cnn1-c1ccccc1. The number of hydrogen-bond donors (Lipinski definition) is 1. The zero-order valence-electron chi connectivity index (χ0n) is 16.5. The standard InChI is InChI=1S/C22H21N5O2S/c1-29-14-20-18(13-25-27(20)17-5-3-2-4-6-17)22(28)24-12-9-21-26-19(15-30-21)16-7-10-23-11-8-16/h2-8,10-11,13,15H,9,12,14H2,1H3,(H,24,28). The molecule has 0 radical (unpaired) electrons. The van der Waals surface area contributed by atoms with Crippen LogP contribution in [0, 0.1) is 0 Å². The molecule has 3 heterocycles. The minimum absolute atomic E-state index is 0.171.